The number of hydrogen-bond donors (Lipinski definition) is 1. The first kappa shape index (κ1) is 22.9. The van der Waals surface area contributed by atoms with E-state index in [1.807, 2.05) is 58.8 Å². The van der Waals surface area contributed by atoms with Crippen LogP contribution in [0.3, 0.4) is 0 Å². The molecular formula is C26H29N5O4. The van der Waals surface area contributed by atoms with Crippen LogP contribution in [-0.4, -0.2) is 79.5 Å². The first-order valence-corrected chi connectivity index (χ1v) is 11.8. The molecule has 2 amide bonds. The molecule has 0 aliphatic carbocycles. The lowest BCUT2D eigenvalue weighted by atomic mass is 10.1. The van der Waals surface area contributed by atoms with Crippen molar-refractivity contribution in [1.82, 2.24) is 19.7 Å². The number of pyridine rings is 1. The van der Waals surface area contributed by atoms with Crippen molar-refractivity contribution in [2.24, 2.45) is 0 Å². The van der Waals surface area contributed by atoms with E-state index in [1.165, 1.54) is 0 Å². The monoisotopic (exact) mass is 475 g/mol. The number of para-hydroxylation sites is 2. The second-order valence-corrected chi connectivity index (χ2v) is 9.17. The molecule has 1 aromatic heterocycles. The Morgan fingerprint density at radius 2 is 1.77 bits per heavy atom. The zero-order valence-electron chi connectivity index (χ0n) is 20.2. The molecule has 182 valence electrons. The van der Waals surface area contributed by atoms with Crippen LogP contribution in [-0.2, 0) is 4.79 Å². The molecule has 9 nitrogen and oxygen atoms in total. The molecule has 0 saturated carbocycles. The molecule has 9 heteroatoms. The van der Waals surface area contributed by atoms with Gasteiger partial charge in [-0.05, 0) is 38.4 Å². The minimum absolute atomic E-state index is 0.0694. The van der Waals surface area contributed by atoms with E-state index in [-0.39, 0.29) is 16.9 Å². The predicted octanol–water partition coefficient (Wildman–Crippen LogP) is 2.06. The van der Waals surface area contributed by atoms with Crippen LogP contribution in [0, 0.1) is 0 Å². The molecule has 1 saturated heterocycles. The van der Waals surface area contributed by atoms with Crippen LogP contribution in [0.15, 0.2) is 47.4 Å². The van der Waals surface area contributed by atoms with Crippen molar-refractivity contribution in [2.75, 3.05) is 58.3 Å². The summed E-state index contributed by atoms with van der Waals surface area (Å²) in [5.41, 5.74) is 2.06. The van der Waals surface area contributed by atoms with Crippen LogP contribution in [0.4, 0.5) is 5.69 Å². The van der Waals surface area contributed by atoms with Crippen LogP contribution in [0.5, 0.6) is 11.5 Å². The molecule has 2 aromatic carbocycles. The number of benzene rings is 2. The van der Waals surface area contributed by atoms with E-state index in [2.05, 4.69) is 10.2 Å². The van der Waals surface area contributed by atoms with Gasteiger partial charge in [-0.15, -0.1) is 0 Å². The predicted molar refractivity (Wildman–Crippen MR) is 135 cm³/mol. The minimum atomic E-state index is -0.391. The smallest absolute Gasteiger partial charge is 0.256 e. The standard InChI is InChI=1S/C26H29N5O4/c1-17(32)29-12-14-30(15-13-29)21-9-8-18-23-25(21)35-22-7-5-4-6-20(22)31(23)16-19(24(18)33)26(34)27-10-11-28(2)3/h4-9,16H,10-15H2,1-3H3,(H,27,34). The van der Waals surface area contributed by atoms with Gasteiger partial charge in [-0.1, -0.05) is 12.1 Å². The van der Waals surface area contributed by atoms with Gasteiger partial charge in [0.05, 0.1) is 16.8 Å². The number of hydrogen-bond acceptors (Lipinski definition) is 6. The van der Waals surface area contributed by atoms with Crippen molar-refractivity contribution in [3.63, 3.8) is 0 Å². The van der Waals surface area contributed by atoms with Crippen LogP contribution in [0.1, 0.15) is 17.3 Å². The molecule has 3 aromatic rings. The SMILES string of the molecule is CC(=O)N1CCN(c2ccc3c(=O)c(C(=O)NCCN(C)C)cn4c3c2Oc2ccccc2-4)CC1. The van der Waals surface area contributed by atoms with Crippen LogP contribution >= 0.6 is 0 Å². The second kappa shape index (κ2) is 9.07. The van der Waals surface area contributed by atoms with Crippen molar-refractivity contribution in [3.05, 3.63) is 58.4 Å². The number of carbonyl (C=O) groups is 2. The third-order valence-electron chi connectivity index (χ3n) is 6.59. The summed E-state index contributed by atoms with van der Waals surface area (Å²) in [7, 11) is 3.86. The molecular weight excluding hydrogens is 446 g/mol. The zero-order valence-corrected chi connectivity index (χ0v) is 20.2. The van der Waals surface area contributed by atoms with Gasteiger partial charge in [0.25, 0.3) is 5.91 Å². The fraction of sp³-hybridized carbons (Fsp3) is 0.346. The Morgan fingerprint density at radius 3 is 2.49 bits per heavy atom. The lowest BCUT2D eigenvalue weighted by molar-refractivity contribution is -0.129. The van der Waals surface area contributed by atoms with E-state index in [0.29, 0.717) is 61.7 Å². The number of piperazine rings is 1. The first-order valence-electron chi connectivity index (χ1n) is 11.8. The Kier molecular flexibility index (Phi) is 5.94. The second-order valence-electron chi connectivity index (χ2n) is 9.17. The highest BCUT2D eigenvalue weighted by atomic mass is 16.5. The van der Waals surface area contributed by atoms with Gasteiger partial charge in [-0.3, -0.25) is 14.4 Å². The molecule has 0 atom stereocenters. The number of ether oxygens (including phenoxy) is 1. The summed E-state index contributed by atoms with van der Waals surface area (Å²) in [6, 6.07) is 11.2. The highest BCUT2D eigenvalue weighted by Crippen LogP contribution is 2.45. The number of nitrogens with zero attached hydrogens (tertiary/aromatic N) is 4. The lowest BCUT2D eigenvalue weighted by Gasteiger charge is -2.37. The maximum Gasteiger partial charge on any atom is 0.256 e. The maximum atomic E-state index is 13.4. The Labute approximate surface area is 203 Å². The molecule has 5 rings (SSSR count). The average molecular weight is 476 g/mol. The van der Waals surface area contributed by atoms with E-state index in [1.54, 1.807) is 19.2 Å². The molecule has 0 radical (unpaired) electrons. The van der Waals surface area contributed by atoms with Crippen molar-refractivity contribution in [2.45, 2.75) is 6.92 Å². The maximum absolute atomic E-state index is 13.4. The van der Waals surface area contributed by atoms with Crippen molar-refractivity contribution in [1.29, 1.82) is 0 Å². The van der Waals surface area contributed by atoms with E-state index in [4.69, 9.17) is 4.74 Å². The Morgan fingerprint density at radius 1 is 1.03 bits per heavy atom. The fourth-order valence-corrected chi connectivity index (χ4v) is 4.68. The van der Waals surface area contributed by atoms with E-state index in [9.17, 15) is 14.4 Å². The number of anilines is 1. The summed E-state index contributed by atoms with van der Waals surface area (Å²) in [4.78, 5) is 44.1. The summed E-state index contributed by atoms with van der Waals surface area (Å²) in [5, 5.41) is 3.29. The number of carbonyl (C=O) groups excluding carboxylic acids is 2. The summed E-state index contributed by atoms with van der Waals surface area (Å²) in [6.07, 6.45) is 1.62. The van der Waals surface area contributed by atoms with Gasteiger partial charge in [-0.2, -0.15) is 0 Å². The van der Waals surface area contributed by atoms with Crippen LogP contribution in [0.2, 0.25) is 0 Å². The van der Waals surface area contributed by atoms with Crippen LogP contribution < -0.4 is 20.4 Å². The molecule has 3 heterocycles. The van der Waals surface area contributed by atoms with Gasteiger partial charge < -0.3 is 29.3 Å². The molecule has 0 spiro atoms. The van der Waals surface area contributed by atoms with E-state index in [0.717, 1.165) is 11.4 Å². The first-order chi connectivity index (χ1) is 16.8. The highest BCUT2D eigenvalue weighted by Gasteiger charge is 2.29. The highest BCUT2D eigenvalue weighted by molar-refractivity contribution is 6.01. The molecule has 1 fully saturated rings. The molecule has 2 aliphatic heterocycles. The Bertz CT molecular complexity index is 1370. The number of rotatable bonds is 5. The Hall–Kier alpha value is -3.85. The van der Waals surface area contributed by atoms with E-state index < -0.39 is 5.91 Å². The minimum Gasteiger partial charge on any atom is -0.451 e. The number of amides is 2. The topological polar surface area (TPSA) is 87.1 Å². The van der Waals surface area contributed by atoms with Gasteiger partial charge >= 0.3 is 0 Å². The van der Waals surface area contributed by atoms with Crippen molar-refractivity contribution < 1.29 is 14.3 Å². The molecule has 35 heavy (non-hydrogen) atoms. The number of likely N-dealkylation sites (N-methyl/N-ethyl adjacent to an activating group) is 1. The molecule has 1 N–H and O–H groups in total. The third kappa shape index (κ3) is 4.12. The van der Waals surface area contributed by atoms with Gasteiger partial charge in [0.2, 0.25) is 11.3 Å². The molecule has 0 bridgehead atoms. The molecule has 2 aliphatic rings. The van der Waals surface area contributed by atoms with Gasteiger partial charge in [0.1, 0.15) is 11.1 Å². The zero-order chi connectivity index (χ0) is 24.7. The third-order valence-corrected chi connectivity index (χ3v) is 6.59. The lowest BCUT2D eigenvalue weighted by Crippen LogP contribution is -2.48. The van der Waals surface area contributed by atoms with Gasteiger partial charge in [0, 0.05) is 52.4 Å². The van der Waals surface area contributed by atoms with Gasteiger partial charge in [-0.25, -0.2) is 0 Å². The summed E-state index contributed by atoms with van der Waals surface area (Å²) >= 11 is 0. The largest absolute Gasteiger partial charge is 0.451 e. The van der Waals surface area contributed by atoms with Crippen molar-refractivity contribution >= 4 is 28.4 Å². The molecule has 0 unspecified atom stereocenters. The van der Waals surface area contributed by atoms with Crippen molar-refractivity contribution in [3.8, 4) is 17.2 Å². The number of nitrogens with one attached hydrogen (secondary N) is 1. The van der Waals surface area contributed by atoms with Crippen LogP contribution in [0.25, 0.3) is 16.6 Å². The summed E-state index contributed by atoms with van der Waals surface area (Å²) < 4.78 is 8.26. The van der Waals surface area contributed by atoms with E-state index >= 15 is 0 Å². The number of fused-ring (bicyclic) bond motifs is 2. The average Bonchev–Trinajstić information content (AvgIpc) is 2.85. The van der Waals surface area contributed by atoms with Gasteiger partial charge in [0.15, 0.2) is 11.5 Å². The summed E-state index contributed by atoms with van der Waals surface area (Å²) in [5.74, 6) is 0.922. The number of aromatic nitrogens is 1. The Balaban J connectivity index is 1.61. The normalized spacial score (nSPS) is 14.6. The fourth-order valence-electron chi connectivity index (χ4n) is 4.68. The quantitative estimate of drug-likeness (QED) is 0.476. The summed E-state index contributed by atoms with van der Waals surface area (Å²) in [6.45, 7) is 5.29.